The molecule has 0 aliphatic rings. The second-order valence-electron chi connectivity index (χ2n) is 4.88. The van der Waals surface area contributed by atoms with Crippen molar-refractivity contribution < 1.29 is 0 Å². The minimum atomic E-state index is 0.361. The summed E-state index contributed by atoms with van der Waals surface area (Å²) in [5.41, 5.74) is 2.30. The van der Waals surface area contributed by atoms with Crippen LogP contribution in [0.1, 0.15) is 30.6 Å². The van der Waals surface area contributed by atoms with E-state index in [1.165, 1.54) is 10.4 Å². The van der Waals surface area contributed by atoms with Crippen molar-refractivity contribution in [2.75, 3.05) is 0 Å². The van der Waals surface area contributed by atoms with Crippen molar-refractivity contribution in [1.29, 1.82) is 0 Å². The van der Waals surface area contributed by atoms with E-state index in [9.17, 15) is 0 Å². The SMILES string of the molecule is CCn1c(CN[C@H](C)c2cccs2)nc2ccccc21. The molecule has 0 amide bonds. The highest BCUT2D eigenvalue weighted by Crippen LogP contribution is 2.20. The van der Waals surface area contributed by atoms with Crippen LogP contribution in [0.3, 0.4) is 0 Å². The summed E-state index contributed by atoms with van der Waals surface area (Å²) in [5.74, 6) is 1.11. The van der Waals surface area contributed by atoms with Gasteiger partial charge in [-0.15, -0.1) is 11.3 Å². The molecule has 1 aromatic carbocycles. The van der Waals surface area contributed by atoms with Crippen LogP contribution in [0.15, 0.2) is 41.8 Å². The molecule has 2 aromatic heterocycles. The molecule has 20 heavy (non-hydrogen) atoms. The number of nitrogens with zero attached hydrogens (tertiary/aromatic N) is 2. The van der Waals surface area contributed by atoms with Gasteiger partial charge in [0, 0.05) is 17.5 Å². The van der Waals surface area contributed by atoms with E-state index in [-0.39, 0.29) is 0 Å². The van der Waals surface area contributed by atoms with Gasteiger partial charge in [-0.05, 0) is 37.4 Å². The molecule has 1 N–H and O–H groups in total. The molecule has 0 saturated carbocycles. The number of aromatic nitrogens is 2. The maximum atomic E-state index is 4.74. The summed E-state index contributed by atoms with van der Waals surface area (Å²) in [6, 6.07) is 13.0. The standard InChI is InChI=1S/C16H19N3S/c1-3-19-14-8-5-4-7-13(14)18-16(19)11-17-12(2)15-9-6-10-20-15/h4-10,12,17H,3,11H2,1-2H3/t12-/m1/s1. The third-order valence-corrected chi connectivity index (χ3v) is 4.64. The molecule has 0 aliphatic heterocycles. The Morgan fingerprint density at radius 2 is 2.10 bits per heavy atom. The molecule has 0 saturated heterocycles. The van der Waals surface area contributed by atoms with Crippen LogP contribution in [-0.4, -0.2) is 9.55 Å². The van der Waals surface area contributed by atoms with E-state index in [0.717, 1.165) is 24.4 Å². The Hall–Kier alpha value is -1.65. The van der Waals surface area contributed by atoms with Gasteiger partial charge < -0.3 is 9.88 Å². The van der Waals surface area contributed by atoms with E-state index in [4.69, 9.17) is 4.98 Å². The predicted octanol–water partition coefficient (Wildman–Crippen LogP) is 3.97. The number of para-hydroxylation sites is 2. The zero-order chi connectivity index (χ0) is 13.9. The highest BCUT2D eigenvalue weighted by atomic mass is 32.1. The van der Waals surface area contributed by atoms with Crippen LogP contribution in [0.5, 0.6) is 0 Å². The van der Waals surface area contributed by atoms with Gasteiger partial charge in [0.2, 0.25) is 0 Å². The van der Waals surface area contributed by atoms with E-state index in [0.29, 0.717) is 6.04 Å². The van der Waals surface area contributed by atoms with E-state index in [1.807, 2.05) is 6.07 Å². The highest BCUT2D eigenvalue weighted by molar-refractivity contribution is 7.10. The summed E-state index contributed by atoms with van der Waals surface area (Å²) in [7, 11) is 0. The first kappa shape index (κ1) is 13.3. The molecule has 104 valence electrons. The van der Waals surface area contributed by atoms with Gasteiger partial charge in [0.1, 0.15) is 5.82 Å². The van der Waals surface area contributed by atoms with Crippen LogP contribution < -0.4 is 5.32 Å². The third kappa shape index (κ3) is 2.49. The molecule has 2 heterocycles. The van der Waals surface area contributed by atoms with Crippen LogP contribution in [0.25, 0.3) is 11.0 Å². The van der Waals surface area contributed by atoms with Crippen molar-refractivity contribution in [3.8, 4) is 0 Å². The quantitative estimate of drug-likeness (QED) is 0.768. The molecule has 3 rings (SSSR count). The number of aryl methyl sites for hydroxylation is 1. The summed E-state index contributed by atoms with van der Waals surface area (Å²) < 4.78 is 2.28. The molecule has 0 bridgehead atoms. The molecule has 1 atom stereocenters. The van der Waals surface area contributed by atoms with Crippen LogP contribution in [0.4, 0.5) is 0 Å². The molecule has 3 nitrogen and oxygen atoms in total. The number of thiophene rings is 1. The second-order valence-corrected chi connectivity index (χ2v) is 5.86. The number of imidazole rings is 1. The Labute approximate surface area is 123 Å². The predicted molar refractivity (Wildman–Crippen MR) is 85.0 cm³/mol. The Bertz CT molecular complexity index is 685. The molecular formula is C16H19N3S. The first-order chi connectivity index (χ1) is 9.79. The van der Waals surface area contributed by atoms with Crippen molar-refractivity contribution in [3.05, 3.63) is 52.5 Å². The zero-order valence-electron chi connectivity index (χ0n) is 11.8. The van der Waals surface area contributed by atoms with Gasteiger partial charge in [0.15, 0.2) is 0 Å². The van der Waals surface area contributed by atoms with Gasteiger partial charge in [0.05, 0.1) is 17.6 Å². The minimum absolute atomic E-state index is 0.361. The molecule has 0 radical (unpaired) electrons. The van der Waals surface area contributed by atoms with Gasteiger partial charge >= 0.3 is 0 Å². The summed E-state index contributed by atoms with van der Waals surface area (Å²) in [5, 5.41) is 5.68. The molecule has 0 unspecified atom stereocenters. The monoisotopic (exact) mass is 285 g/mol. The lowest BCUT2D eigenvalue weighted by Gasteiger charge is -2.12. The van der Waals surface area contributed by atoms with Crippen molar-refractivity contribution in [3.63, 3.8) is 0 Å². The number of hydrogen-bond acceptors (Lipinski definition) is 3. The Balaban J connectivity index is 1.80. The molecule has 4 heteroatoms. The summed E-state index contributed by atoms with van der Waals surface area (Å²) in [6.07, 6.45) is 0. The largest absolute Gasteiger partial charge is 0.327 e. The van der Waals surface area contributed by atoms with Crippen molar-refractivity contribution >= 4 is 22.4 Å². The summed E-state index contributed by atoms with van der Waals surface area (Å²) in [4.78, 5) is 6.11. The van der Waals surface area contributed by atoms with Gasteiger partial charge in [0.25, 0.3) is 0 Å². The maximum absolute atomic E-state index is 4.74. The van der Waals surface area contributed by atoms with E-state index < -0.39 is 0 Å². The van der Waals surface area contributed by atoms with Crippen LogP contribution in [0.2, 0.25) is 0 Å². The average molecular weight is 285 g/mol. The fourth-order valence-electron chi connectivity index (χ4n) is 2.50. The van der Waals surface area contributed by atoms with E-state index in [1.54, 1.807) is 11.3 Å². The average Bonchev–Trinajstić information content (AvgIpc) is 3.11. The number of benzene rings is 1. The number of rotatable bonds is 5. The second kappa shape index (κ2) is 5.77. The van der Waals surface area contributed by atoms with Gasteiger partial charge in [-0.25, -0.2) is 4.98 Å². The number of hydrogen-bond donors (Lipinski definition) is 1. The van der Waals surface area contributed by atoms with E-state index in [2.05, 4.69) is 59.4 Å². The van der Waals surface area contributed by atoms with Crippen LogP contribution in [0, 0.1) is 0 Å². The summed E-state index contributed by atoms with van der Waals surface area (Å²) in [6.45, 7) is 6.11. The van der Waals surface area contributed by atoms with Gasteiger partial charge in [-0.2, -0.15) is 0 Å². The number of fused-ring (bicyclic) bond motifs is 1. The first-order valence-electron chi connectivity index (χ1n) is 7.00. The lowest BCUT2D eigenvalue weighted by atomic mass is 10.3. The van der Waals surface area contributed by atoms with Crippen molar-refractivity contribution in [2.24, 2.45) is 0 Å². The molecule has 0 aliphatic carbocycles. The molecule has 0 spiro atoms. The Morgan fingerprint density at radius 1 is 1.25 bits per heavy atom. The fourth-order valence-corrected chi connectivity index (χ4v) is 3.25. The third-order valence-electron chi connectivity index (χ3n) is 3.59. The first-order valence-corrected chi connectivity index (χ1v) is 7.88. The molecule has 3 aromatic rings. The smallest absolute Gasteiger partial charge is 0.123 e. The minimum Gasteiger partial charge on any atom is -0.327 e. The number of nitrogens with one attached hydrogen (secondary N) is 1. The van der Waals surface area contributed by atoms with E-state index >= 15 is 0 Å². The Kier molecular flexibility index (Phi) is 3.85. The topological polar surface area (TPSA) is 29.9 Å². The lowest BCUT2D eigenvalue weighted by molar-refractivity contribution is 0.549. The Morgan fingerprint density at radius 3 is 2.85 bits per heavy atom. The fraction of sp³-hybridized carbons (Fsp3) is 0.312. The molecular weight excluding hydrogens is 266 g/mol. The van der Waals surface area contributed by atoms with Crippen LogP contribution >= 0.6 is 11.3 Å². The van der Waals surface area contributed by atoms with Crippen molar-refractivity contribution in [2.45, 2.75) is 33.0 Å². The highest BCUT2D eigenvalue weighted by Gasteiger charge is 2.11. The lowest BCUT2D eigenvalue weighted by Crippen LogP contribution is -2.20. The normalized spacial score (nSPS) is 12.9. The van der Waals surface area contributed by atoms with Crippen molar-refractivity contribution in [1.82, 2.24) is 14.9 Å². The zero-order valence-corrected chi connectivity index (χ0v) is 12.7. The molecule has 0 fully saturated rings. The van der Waals surface area contributed by atoms with Crippen LogP contribution in [-0.2, 0) is 13.1 Å². The summed E-state index contributed by atoms with van der Waals surface area (Å²) >= 11 is 1.79. The van der Waals surface area contributed by atoms with Gasteiger partial charge in [-0.3, -0.25) is 0 Å². The van der Waals surface area contributed by atoms with Gasteiger partial charge in [-0.1, -0.05) is 18.2 Å². The maximum Gasteiger partial charge on any atom is 0.123 e.